The van der Waals surface area contributed by atoms with Crippen LogP contribution in [0.4, 0.5) is 4.39 Å². The molecule has 0 fully saturated rings. The first-order chi connectivity index (χ1) is 11.5. The number of nitrogens with one attached hydrogen (secondary N) is 1. The standard InChI is InChI=1S/C16H14FN3O2S2/c1-18-12(21)8-24-16-19-14-13(15(22)20(16)2)11(7-23-14)9-3-5-10(17)6-4-9/h3-7H,8H2,1-2H3,(H,18,21). The maximum atomic E-state index is 13.1. The number of aromatic nitrogens is 2. The molecule has 1 aromatic carbocycles. The highest BCUT2D eigenvalue weighted by molar-refractivity contribution is 7.99. The zero-order valence-electron chi connectivity index (χ0n) is 13.0. The van der Waals surface area contributed by atoms with Crippen LogP contribution in [0.5, 0.6) is 0 Å². The summed E-state index contributed by atoms with van der Waals surface area (Å²) in [5, 5.41) is 5.38. The van der Waals surface area contributed by atoms with Crippen LogP contribution >= 0.6 is 23.1 Å². The van der Waals surface area contributed by atoms with Gasteiger partial charge in [-0.25, -0.2) is 9.37 Å². The van der Waals surface area contributed by atoms with Gasteiger partial charge in [0.05, 0.1) is 11.1 Å². The molecule has 2 aromatic heterocycles. The summed E-state index contributed by atoms with van der Waals surface area (Å²) >= 11 is 2.57. The Bertz CT molecular complexity index is 964. The van der Waals surface area contributed by atoms with Gasteiger partial charge in [-0.2, -0.15) is 0 Å². The Hall–Kier alpha value is -2.19. The third kappa shape index (κ3) is 3.07. The number of amides is 1. The molecule has 3 rings (SSSR count). The van der Waals surface area contributed by atoms with Crippen LogP contribution in [-0.4, -0.2) is 28.3 Å². The molecule has 0 aliphatic heterocycles. The number of fused-ring (bicyclic) bond motifs is 1. The monoisotopic (exact) mass is 363 g/mol. The predicted octanol–water partition coefficient (Wildman–Crippen LogP) is 2.64. The van der Waals surface area contributed by atoms with Crippen LogP contribution in [0, 0.1) is 5.82 Å². The van der Waals surface area contributed by atoms with Gasteiger partial charge in [0.25, 0.3) is 5.56 Å². The van der Waals surface area contributed by atoms with E-state index in [1.165, 1.54) is 39.8 Å². The summed E-state index contributed by atoms with van der Waals surface area (Å²) < 4.78 is 14.5. The highest BCUT2D eigenvalue weighted by Crippen LogP contribution is 2.32. The second-order valence-electron chi connectivity index (χ2n) is 5.06. The van der Waals surface area contributed by atoms with Crippen LogP contribution in [-0.2, 0) is 11.8 Å². The van der Waals surface area contributed by atoms with Crippen molar-refractivity contribution < 1.29 is 9.18 Å². The third-order valence-corrected chi connectivity index (χ3v) is 5.44. The molecular weight excluding hydrogens is 349 g/mol. The summed E-state index contributed by atoms with van der Waals surface area (Å²) in [6.07, 6.45) is 0. The van der Waals surface area contributed by atoms with Crippen molar-refractivity contribution in [3.05, 3.63) is 45.8 Å². The molecule has 0 bridgehead atoms. The average Bonchev–Trinajstić information content (AvgIpc) is 3.01. The maximum absolute atomic E-state index is 13.1. The summed E-state index contributed by atoms with van der Waals surface area (Å²) in [4.78, 5) is 29.2. The van der Waals surface area contributed by atoms with E-state index in [2.05, 4.69) is 10.3 Å². The highest BCUT2D eigenvalue weighted by Gasteiger charge is 2.16. The number of thiophene rings is 1. The van der Waals surface area contributed by atoms with Crippen molar-refractivity contribution in [2.24, 2.45) is 7.05 Å². The molecule has 5 nitrogen and oxygen atoms in total. The van der Waals surface area contributed by atoms with Crippen molar-refractivity contribution in [3.8, 4) is 11.1 Å². The van der Waals surface area contributed by atoms with E-state index in [1.807, 2.05) is 5.38 Å². The van der Waals surface area contributed by atoms with Gasteiger partial charge in [0, 0.05) is 25.0 Å². The van der Waals surface area contributed by atoms with Gasteiger partial charge in [-0.3, -0.25) is 14.2 Å². The maximum Gasteiger partial charge on any atom is 0.263 e. The lowest BCUT2D eigenvalue weighted by molar-refractivity contribution is -0.118. The minimum atomic E-state index is -0.322. The normalized spacial score (nSPS) is 11.0. The minimum absolute atomic E-state index is 0.132. The lowest BCUT2D eigenvalue weighted by Gasteiger charge is -2.07. The van der Waals surface area contributed by atoms with Gasteiger partial charge >= 0.3 is 0 Å². The van der Waals surface area contributed by atoms with E-state index >= 15 is 0 Å². The summed E-state index contributed by atoms with van der Waals surface area (Å²) in [5.41, 5.74) is 1.33. The first-order valence-corrected chi connectivity index (χ1v) is 8.95. The van der Waals surface area contributed by atoms with Crippen LogP contribution in [0.25, 0.3) is 21.3 Å². The summed E-state index contributed by atoms with van der Waals surface area (Å²) in [6.45, 7) is 0. The van der Waals surface area contributed by atoms with Gasteiger partial charge < -0.3 is 5.32 Å². The van der Waals surface area contributed by atoms with Crippen LogP contribution in [0.2, 0.25) is 0 Å². The van der Waals surface area contributed by atoms with Crippen molar-refractivity contribution in [1.29, 1.82) is 0 Å². The SMILES string of the molecule is CNC(=O)CSc1nc2scc(-c3ccc(F)cc3)c2c(=O)n1C. The number of carbonyl (C=O) groups excluding carboxylic acids is 1. The first kappa shape index (κ1) is 16.7. The number of halogens is 1. The quantitative estimate of drug-likeness (QED) is 0.572. The lowest BCUT2D eigenvalue weighted by Crippen LogP contribution is -2.23. The molecule has 2 heterocycles. The van der Waals surface area contributed by atoms with Crippen molar-refractivity contribution in [2.75, 3.05) is 12.8 Å². The van der Waals surface area contributed by atoms with Gasteiger partial charge in [0.1, 0.15) is 10.6 Å². The number of rotatable bonds is 4. The zero-order valence-corrected chi connectivity index (χ0v) is 14.6. The van der Waals surface area contributed by atoms with E-state index in [4.69, 9.17) is 0 Å². The Morgan fingerprint density at radius 1 is 1.38 bits per heavy atom. The Kier molecular flexibility index (Phi) is 4.68. The topological polar surface area (TPSA) is 64.0 Å². The smallest absolute Gasteiger partial charge is 0.263 e. The number of thioether (sulfide) groups is 1. The van der Waals surface area contributed by atoms with Crippen LogP contribution in [0.15, 0.2) is 39.6 Å². The fourth-order valence-electron chi connectivity index (χ4n) is 2.23. The van der Waals surface area contributed by atoms with Crippen molar-refractivity contribution in [3.63, 3.8) is 0 Å². The van der Waals surface area contributed by atoms with Crippen LogP contribution in [0.1, 0.15) is 0 Å². The van der Waals surface area contributed by atoms with E-state index in [9.17, 15) is 14.0 Å². The van der Waals surface area contributed by atoms with Gasteiger partial charge in [0.15, 0.2) is 5.16 Å². The number of carbonyl (C=O) groups is 1. The van der Waals surface area contributed by atoms with E-state index in [-0.39, 0.29) is 23.0 Å². The molecule has 0 saturated heterocycles. The van der Waals surface area contributed by atoms with Crippen molar-refractivity contribution in [2.45, 2.75) is 5.16 Å². The number of nitrogens with zero attached hydrogens (tertiary/aromatic N) is 2. The average molecular weight is 363 g/mol. The second-order valence-corrected chi connectivity index (χ2v) is 6.86. The molecule has 8 heteroatoms. The van der Waals surface area contributed by atoms with Crippen LogP contribution in [0.3, 0.4) is 0 Å². The largest absolute Gasteiger partial charge is 0.358 e. The number of benzene rings is 1. The summed E-state index contributed by atoms with van der Waals surface area (Å²) in [7, 11) is 3.19. The minimum Gasteiger partial charge on any atom is -0.358 e. The molecule has 1 amide bonds. The van der Waals surface area contributed by atoms with Gasteiger partial charge in [-0.1, -0.05) is 23.9 Å². The van der Waals surface area contributed by atoms with Gasteiger partial charge in [-0.05, 0) is 17.7 Å². The molecule has 124 valence electrons. The Morgan fingerprint density at radius 2 is 2.08 bits per heavy atom. The molecule has 0 radical (unpaired) electrons. The Labute approximate surface area is 145 Å². The molecule has 0 unspecified atom stereocenters. The molecule has 0 aliphatic rings. The van der Waals surface area contributed by atoms with E-state index in [0.717, 1.165) is 11.1 Å². The van der Waals surface area contributed by atoms with E-state index in [1.54, 1.807) is 26.2 Å². The first-order valence-electron chi connectivity index (χ1n) is 7.09. The van der Waals surface area contributed by atoms with Gasteiger partial charge in [-0.15, -0.1) is 11.3 Å². The Balaban J connectivity index is 2.07. The molecule has 0 aliphatic carbocycles. The number of hydrogen-bond acceptors (Lipinski definition) is 5. The fraction of sp³-hybridized carbons (Fsp3) is 0.188. The molecule has 0 saturated carbocycles. The molecule has 0 atom stereocenters. The third-order valence-electron chi connectivity index (χ3n) is 3.54. The molecule has 1 N–H and O–H groups in total. The zero-order chi connectivity index (χ0) is 17.3. The molecule has 24 heavy (non-hydrogen) atoms. The predicted molar refractivity (Wildman–Crippen MR) is 95.0 cm³/mol. The molecular formula is C16H14FN3O2S2. The molecule has 3 aromatic rings. The second kappa shape index (κ2) is 6.74. The highest BCUT2D eigenvalue weighted by atomic mass is 32.2. The van der Waals surface area contributed by atoms with Crippen molar-refractivity contribution >= 4 is 39.2 Å². The lowest BCUT2D eigenvalue weighted by atomic mass is 10.1. The summed E-state index contributed by atoms with van der Waals surface area (Å²) in [5.74, 6) is -0.261. The van der Waals surface area contributed by atoms with Gasteiger partial charge in [0.2, 0.25) is 5.91 Å². The van der Waals surface area contributed by atoms with E-state index < -0.39 is 0 Å². The van der Waals surface area contributed by atoms with E-state index in [0.29, 0.717) is 15.4 Å². The Morgan fingerprint density at radius 3 is 2.75 bits per heavy atom. The molecule has 0 spiro atoms. The summed E-state index contributed by atoms with van der Waals surface area (Å²) in [6, 6.07) is 6.02. The number of hydrogen-bond donors (Lipinski definition) is 1. The van der Waals surface area contributed by atoms with Crippen LogP contribution < -0.4 is 10.9 Å². The van der Waals surface area contributed by atoms with Crippen molar-refractivity contribution in [1.82, 2.24) is 14.9 Å². The fourth-order valence-corrected chi connectivity index (χ4v) is 4.06.